The van der Waals surface area contributed by atoms with E-state index in [1.165, 1.54) is 16.2 Å². The number of nitriles is 1. The summed E-state index contributed by atoms with van der Waals surface area (Å²) in [6.45, 7) is 6.78. The lowest BCUT2D eigenvalue weighted by Gasteiger charge is -2.33. The molecule has 2 aromatic heterocycles. The summed E-state index contributed by atoms with van der Waals surface area (Å²) in [5.74, 6) is 1.41. The molecule has 3 aromatic rings. The number of thiophene rings is 1. The molecule has 4 rings (SSSR count). The molecule has 0 spiro atoms. The Kier molecular flexibility index (Phi) is 5.59. The molecule has 1 N–H and O–H groups in total. The van der Waals surface area contributed by atoms with Gasteiger partial charge >= 0.3 is 0 Å². The summed E-state index contributed by atoms with van der Waals surface area (Å²) in [4.78, 5) is 14.0. The van der Waals surface area contributed by atoms with Crippen LogP contribution in [0.4, 0.5) is 5.00 Å². The van der Waals surface area contributed by atoms with Crippen molar-refractivity contribution in [3.8, 4) is 23.1 Å². The lowest BCUT2D eigenvalue weighted by Crippen LogP contribution is -2.26. The number of methoxy groups -OCH3 is 1. The van der Waals surface area contributed by atoms with E-state index in [1.54, 1.807) is 13.2 Å². The van der Waals surface area contributed by atoms with Gasteiger partial charge in [-0.05, 0) is 60.4 Å². The smallest absolute Gasteiger partial charge is 0.278 e. The minimum Gasteiger partial charge on any atom is -0.497 e. The van der Waals surface area contributed by atoms with E-state index in [0.717, 1.165) is 36.1 Å². The zero-order chi connectivity index (χ0) is 22.2. The number of hydrogen-bond acceptors (Lipinski definition) is 6. The fourth-order valence-electron chi connectivity index (χ4n) is 3.97. The highest BCUT2D eigenvalue weighted by molar-refractivity contribution is 7.16. The molecular weight excluding hydrogens is 410 g/mol. The number of anilines is 1. The van der Waals surface area contributed by atoms with Gasteiger partial charge in [0.05, 0.1) is 12.7 Å². The Balaban J connectivity index is 1.54. The van der Waals surface area contributed by atoms with Crippen LogP contribution in [0.15, 0.2) is 34.9 Å². The van der Waals surface area contributed by atoms with E-state index in [9.17, 15) is 10.1 Å². The highest BCUT2D eigenvalue weighted by Gasteiger charge is 2.32. The van der Waals surface area contributed by atoms with Gasteiger partial charge in [0.25, 0.3) is 5.91 Å². The fraction of sp³-hybridized carbons (Fsp3) is 0.375. The van der Waals surface area contributed by atoms with Crippen molar-refractivity contribution in [1.29, 1.82) is 5.26 Å². The Morgan fingerprint density at radius 3 is 2.71 bits per heavy atom. The van der Waals surface area contributed by atoms with Gasteiger partial charge in [-0.25, -0.2) is 0 Å². The van der Waals surface area contributed by atoms with E-state index in [4.69, 9.17) is 9.26 Å². The highest BCUT2D eigenvalue weighted by atomic mass is 32.1. The summed E-state index contributed by atoms with van der Waals surface area (Å²) in [6.07, 6.45) is 2.88. The van der Waals surface area contributed by atoms with Gasteiger partial charge in [0.15, 0.2) is 11.5 Å². The summed E-state index contributed by atoms with van der Waals surface area (Å²) < 4.78 is 10.5. The zero-order valence-corrected chi connectivity index (χ0v) is 18.9. The maximum absolute atomic E-state index is 12.8. The first-order valence-electron chi connectivity index (χ1n) is 10.3. The molecule has 2 heterocycles. The Morgan fingerprint density at radius 1 is 1.32 bits per heavy atom. The topological polar surface area (TPSA) is 88.1 Å². The van der Waals surface area contributed by atoms with Crippen LogP contribution in [0.3, 0.4) is 0 Å². The number of rotatable bonds is 4. The van der Waals surface area contributed by atoms with E-state index < -0.39 is 0 Å². The Labute approximate surface area is 185 Å². The molecule has 1 aliphatic carbocycles. The van der Waals surface area contributed by atoms with Crippen molar-refractivity contribution in [2.24, 2.45) is 11.3 Å². The first kappa shape index (κ1) is 21.1. The van der Waals surface area contributed by atoms with Crippen LogP contribution in [0.5, 0.6) is 5.75 Å². The molecule has 0 bridgehead atoms. The molecular formula is C24H25N3O3S. The van der Waals surface area contributed by atoms with E-state index in [0.29, 0.717) is 22.2 Å². The normalized spacial score (nSPS) is 15.8. The zero-order valence-electron chi connectivity index (χ0n) is 18.1. The van der Waals surface area contributed by atoms with Gasteiger partial charge < -0.3 is 14.6 Å². The first-order valence-corrected chi connectivity index (χ1v) is 11.1. The fourth-order valence-corrected chi connectivity index (χ4v) is 5.25. The number of ether oxygens (including phenoxy) is 1. The molecule has 1 aliphatic rings. The van der Waals surface area contributed by atoms with Crippen molar-refractivity contribution in [3.63, 3.8) is 0 Å². The predicted molar refractivity (Wildman–Crippen MR) is 120 cm³/mol. The van der Waals surface area contributed by atoms with Gasteiger partial charge in [0.1, 0.15) is 16.8 Å². The van der Waals surface area contributed by atoms with Crippen LogP contribution in [0.25, 0.3) is 11.3 Å². The van der Waals surface area contributed by atoms with Crippen LogP contribution < -0.4 is 10.1 Å². The average Bonchev–Trinajstić information content (AvgIpc) is 3.37. The van der Waals surface area contributed by atoms with E-state index in [-0.39, 0.29) is 17.0 Å². The third kappa shape index (κ3) is 4.21. The number of carbonyl (C=O) groups is 1. The van der Waals surface area contributed by atoms with Gasteiger partial charge in [-0.15, -0.1) is 11.3 Å². The molecule has 1 atom stereocenters. The van der Waals surface area contributed by atoms with Crippen LogP contribution in [0, 0.1) is 22.7 Å². The Bertz CT molecular complexity index is 1150. The SMILES string of the molecule is COc1ccc(-c2cc(C(=O)Nc3sc4c(c3C#N)CC[C@@H](C(C)(C)C)C4)no2)cc1. The van der Waals surface area contributed by atoms with Gasteiger partial charge in [-0.2, -0.15) is 5.26 Å². The number of fused-ring (bicyclic) bond motifs is 1. The summed E-state index contributed by atoms with van der Waals surface area (Å²) >= 11 is 1.51. The van der Waals surface area contributed by atoms with Gasteiger partial charge in [-0.1, -0.05) is 25.9 Å². The molecule has 0 fully saturated rings. The second-order valence-electron chi connectivity index (χ2n) is 8.88. The van der Waals surface area contributed by atoms with Crippen LogP contribution >= 0.6 is 11.3 Å². The summed E-state index contributed by atoms with van der Waals surface area (Å²) in [5.41, 5.74) is 2.86. The summed E-state index contributed by atoms with van der Waals surface area (Å²) in [5, 5.41) is 17.1. The van der Waals surface area contributed by atoms with Gasteiger partial charge in [0, 0.05) is 16.5 Å². The molecule has 0 saturated carbocycles. The van der Waals surface area contributed by atoms with Crippen molar-refractivity contribution < 1.29 is 14.1 Å². The Morgan fingerprint density at radius 2 is 2.06 bits per heavy atom. The largest absolute Gasteiger partial charge is 0.497 e. The number of hydrogen-bond donors (Lipinski definition) is 1. The standard InChI is InChI=1S/C24H25N3O3S/c1-24(2,3)15-7-10-17-18(13-25)23(31-21(17)11-15)26-22(28)19-12-20(30-27-19)14-5-8-16(29-4)9-6-14/h5-6,8-9,12,15H,7,10-11H2,1-4H3,(H,26,28)/t15-/m1/s1. The van der Waals surface area contributed by atoms with Crippen LogP contribution in [-0.2, 0) is 12.8 Å². The number of benzene rings is 1. The minimum absolute atomic E-state index is 0.175. The molecule has 31 heavy (non-hydrogen) atoms. The molecule has 1 aromatic carbocycles. The molecule has 160 valence electrons. The first-order chi connectivity index (χ1) is 14.8. The van der Waals surface area contributed by atoms with Crippen LogP contribution in [-0.4, -0.2) is 18.2 Å². The monoisotopic (exact) mass is 435 g/mol. The minimum atomic E-state index is -0.383. The van der Waals surface area contributed by atoms with Gasteiger partial charge in [0.2, 0.25) is 0 Å². The maximum Gasteiger partial charge on any atom is 0.278 e. The molecule has 6 nitrogen and oxygen atoms in total. The number of aromatic nitrogens is 1. The highest BCUT2D eigenvalue weighted by Crippen LogP contribution is 2.44. The molecule has 0 unspecified atom stereocenters. The van der Waals surface area contributed by atoms with Crippen LogP contribution in [0.1, 0.15) is 53.7 Å². The maximum atomic E-state index is 12.8. The third-order valence-electron chi connectivity index (χ3n) is 5.95. The summed E-state index contributed by atoms with van der Waals surface area (Å²) in [6, 6.07) is 11.2. The number of nitrogens with zero attached hydrogens (tertiary/aromatic N) is 2. The van der Waals surface area contributed by atoms with Crippen LogP contribution in [0.2, 0.25) is 0 Å². The lowest BCUT2D eigenvalue weighted by molar-refractivity contribution is 0.101. The van der Waals surface area contributed by atoms with Crippen molar-refractivity contribution in [2.45, 2.75) is 40.0 Å². The average molecular weight is 436 g/mol. The lowest BCUT2D eigenvalue weighted by atomic mass is 9.72. The van der Waals surface area contributed by atoms with E-state index in [1.807, 2.05) is 24.3 Å². The Hall–Kier alpha value is -3.11. The molecule has 0 radical (unpaired) electrons. The number of nitrogens with one attached hydrogen (secondary N) is 1. The third-order valence-corrected chi connectivity index (χ3v) is 7.12. The van der Waals surface area contributed by atoms with Crippen molar-refractivity contribution in [2.75, 3.05) is 12.4 Å². The summed E-state index contributed by atoms with van der Waals surface area (Å²) in [7, 11) is 1.60. The molecule has 0 saturated heterocycles. The second kappa shape index (κ2) is 8.20. The van der Waals surface area contributed by atoms with E-state index in [2.05, 4.69) is 37.3 Å². The number of carbonyl (C=O) groups excluding carboxylic acids is 1. The van der Waals surface area contributed by atoms with Crippen molar-refractivity contribution in [1.82, 2.24) is 5.16 Å². The number of amides is 1. The molecule has 7 heteroatoms. The van der Waals surface area contributed by atoms with E-state index >= 15 is 0 Å². The predicted octanol–water partition coefficient (Wildman–Crippen LogP) is 5.69. The quantitative estimate of drug-likeness (QED) is 0.569. The van der Waals surface area contributed by atoms with Gasteiger partial charge in [-0.3, -0.25) is 4.79 Å². The van der Waals surface area contributed by atoms with Crippen molar-refractivity contribution in [3.05, 3.63) is 52.0 Å². The van der Waals surface area contributed by atoms with Crippen molar-refractivity contribution >= 4 is 22.2 Å². The molecule has 1 amide bonds. The second-order valence-corrected chi connectivity index (χ2v) is 9.99. The molecule has 0 aliphatic heterocycles.